The molecule has 0 saturated carbocycles. The fraction of sp³-hybridized carbons (Fsp3) is 0.438. The van der Waals surface area contributed by atoms with Crippen LogP contribution in [-0.4, -0.2) is 15.8 Å². The molecule has 0 aliphatic rings. The molecule has 0 saturated heterocycles. The quantitative estimate of drug-likeness (QED) is 0.916. The van der Waals surface area contributed by atoms with Gasteiger partial charge in [0.1, 0.15) is 5.03 Å². The molecule has 0 amide bonds. The zero-order valence-electron chi connectivity index (χ0n) is 12.7. The number of hydrogen-bond donors (Lipinski definition) is 1. The van der Waals surface area contributed by atoms with Gasteiger partial charge in [0.25, 0.3) is 0 Å². The molecular weight excluding hydrogens is 266 g/mol. The van der Waals surface area contributed by atoms with Crippen LogP contribution in [-0.2, 0) is 13.5 Å². The lowest BCUT2D eigenvalue weighted by atomic mass is 10.1. The molecule has 1 aromatic carbocycles. The van der Waals surface area contributed by atoms with Crippen LogP contribution in [0.4, 0.5) is 0 Å². The minimum absolute atomic E-state index is 0.203. The van der Waals surface area contributed by atoms with Crippen molar-refractivity contribution in [1.82, 2.24) is 9.78 Å². The minimum atomic E-state index is 0.203. The van der Waals surface area contributed by atoms with Crippen LogP contribution in [0.1, 0.15) is 30.2 Å². The molecule has 0 fully saturated rings. The summed E-state index contributed by atoms with van der Waals surface area (Å²) in [6.07, 6.45) is 1.88. The summed E-state index contributed by atoms with van der Waals surface area (Å²) >= 11 is 1.77. The summed E-state index contributed by atoms with van der Waals surface area (Å²) in [5, 5.41) is 5.76. The molecule has 0 spiro atoms. The molecule has 2 aromatic rings. The molecule has 2 N–H and O–H groups in total. The van der Waals surface area contributed by atoms with Crippen molar-refractivity contribution in [2.24, 2.45) is 12.8 Å². The van der Waals surface area contributed by atoms with Crippen molar-refractivity contribution in [3.8, 4) is 0 Å². The number of aromatic nitrogens is 2. The Morgan fingerprint density at radius 3 is 2.75 bits per heavy atom. The van der Waals surface area contributed by atoms with E-state index in [-0.39, 0.29) is 6.04 Å². The number of rotatable bonds is 5. The average Bonchev–Trinajstić information content (AvgIpc) is 2.65. The lowest BCUT2D eigenvalue weighted by molar-refractivity contribution is 0.631. The first kappa shape index (κ1) is 15.1. The van der Waals surface area contributed by atoms with Gasteiger partial charge in [-0.25, -0.2) is 0 Å². The first-order valence-electron chi connectivity index (χ1n) is 7.03. The maximum absolute atomic E-state index is 6.12. The summed E-state index contributed by atoms with van der Waals surface area (Å²) in [4.78, 5) is 1.25. The molecule has 108 valence electrons. The predicted octanol–water partition coefficient (Wildman–Crippen LogP) is 3.47. The second kappa shape index (κ2) is 6.46. The van der Waals surface area contributed by atoms with Gasteiger partial charge in [0.15, 0.2) is 0 Å². The zero-order chi connectivity index (χ0) is 14.7. The van der Waals surface area contributed by atoms with Crippen LogP contribution in [0.2, 0.25) is 0 Å². The summed E-state index contributed by atoms with van der Waals surface area (Å²) in [6.45, 7) is 6.31. The highest BCUT2D eigenvalue weighted by Gasteiger charge is 2.16. The number of hydrogen-bond acceptors (Lipinski definition) is 3. The third kappa shape index (κ3) is 3.44. The van der Waals surface area contributed by atoms with Crippen LogP contribution in [0, 0.1) is 13.8 Å². The van der Waals surface area contributed by atoms with E-state index in [0.29, 0.717) is 0 Å². The largest absolute Gasteiger partial charge is 0.327 e. The Bertz CT molecular complexity index is 589. The Hall–Kier alpha value is -1.26. The van der Waals surface area contributed by atoms with Crippen molar-refractivity contribution < 1.29 is 0 Å². The van der Waals surface area contributed by atoms with E-state index in [1.807, 2.05) is 11.7 Å². The van der Waals surface area contributed by atoms with Crippen LogP contribution >= 0.6 is 11.8 Å². The molecular formula is C16H23N3S. The summed E-state index contributed by atoms with van der Waals surface area (Å²) in [6, 6.07) is 8.76. The monoisotopic (exact) mass is 289 g/mol. The molecule has 0 aliphatic carbocycles. The van der Waals surface area contributed by atoms with Crippen molar-refractivity contribution in [3.63, 3.8) is 0 Å². The van der Waals surface area contributed by atoms with E-state index >= 15 is 0 Å². The van der Waals surface area contributed by atoms with Crippen molar-refractivity contribution in [2.45, 2.75) is 49.6 Å². The maximum atomic E-state index is 6.12. The Balaban J connectivity index is 2.31. The highest BCUT2D eigenvalue weighted by molar-refractivity contribution is 7.99. The van der Waals surface area contributed by atoms with Gasteiger partial charge < -0.3 is 5.73 Å². The molecule has 1 unspecified atom stereocenters. The molecule has 0 aliphatic heterocycles. The van der Waals surface area contributed by atoms with Crippen LogP contribution in [0.15, 0.2) is 34.2 Å². The fourth-order valence-electron chi connectivity index (χ4n) is 2.24. The first-order valence-corrected chi connectivity index (χ1v) is 7.85. The molecule has 4 heteroatoms. The van der Waals surface area contributed by atoms with Gasteiger partial charge in [0.2, 0.25) is 0 Å². The van der Waals surface area contributed by atoms with E-state index in [1.165, 1.54) is 21.0 Å². The highest BCUT2D eigenvalue weighted by Crippen LogP contribution is 2.32. The second-order valence-corrected chi connectivity index (χ2v) is 6.35. The van der Waals surface area contributed by atoms with E-state index in [0.717, 1.165) is 18.5 Å². The summed E-state index contributed by atoms with van der Waals surface area (Å²) in [5.74, 6) is 0. The average molecular weight is 289 g/mol. The van der Waals surface area contributed by atoms with Crippen LogP contribution in [0.3, 0.4) is 0 Å². The fourth-order valence-corrected chi connectivity index (χ4v) is 3.38. The van der Waals surface area contributed by atoms with Crippen molar-refractivity contribution >= 4 is 11.8 Å². The standard InChI is InChI=1S/C16H23N3S/c1-5-13(17)10-15-12(3)18-19(4)16(15)20-14-8-6-7-11(2)9-14/h6-9,13H,5,10,17H2,1-4H3. The predicted molar refractivity (Wildman–Crippen MR) is 85.2 cm³/mol. The van der Waals surface area contributed by atoms with Gasteiger partial charge in [-0.2, -0.15) is 5.10 Å². The van der Waals surface area contributed by atoms with Crippen LogP contribution < -0.4 is 5.73 Å². The van der Waals surface area contributed by atoms with E-state index in [2.05, 4.69) is 50.1 Å². The van der Waals surface area contributed by atoms with Crippen LogP contribution in [0.25, 0.3) is 0 Å². The Kier molecular flexibility index (Phi) is 4.89. The van der Waals surface area contributed by atoms with Gasteiger partial charge in [0, 0.05) is 23.5 Å². The number of nitrogens with two attached hydrogens (primary N) is 1. The molecule has 1 aromatic heterocycles. The molecule has 0 bridgehead atoms. The minimum Gasteiger partial charge on any atom is -0.327 e. The maximum Gasteiger partial charge on any atom is 0.102 e. The second-order valence-electron chi connectivity index (χ2n) is 5.28. The number of benzene rings is 1. The summed E-state index contributed by atoms with van der Waals surface area (Å²) in [5.41, 5.74) is 9.78. The Morgan fingerprint density at radius 2 is 2.10 bits per heavy atom. The first-order chi connectivity index (χ1) is 9.51. The molecule has 3 nitrogen and oxygen atoms in total. The van der Waals surface area contributed by atoms with Crippen molar-refractivity contribution in [1.29, 1.82) is 0 Å². The van der Waals surface area contributed by atoms with Crippen molar-refractivity contribution in [3.05, 3.63) is 41.1 Å². The molecule has 1 heterocycles. The van der Waals surface area contributed by atoms with E-state index < -0.39 is 0 Å². The van der Waals surface area contributed by atoms with Gasteiger partial charge in [-0.15, -0.1) is 0 Å². The zero-order valence-corrected chi connectivity index (χ0v) is 13.5. The van der Waals surface area contributed by atoms with E-state index in [1.54, 1.807) is 11.8 Å². The highest BCUT2D eigenvalue weighted by atomic mass is 32.2. The van der Waals surface area contributed by atoms with Gasteiger partial charge in [-0.3, -0.25) is 4.68 Å². The third-order valence-corrected chi connectivity index (χ3v) is 4.68. The van der Waals surface area contributed by atoms with Gasteiger partial charge >= 0.3 is 0 Å². The Morgan fingerprint density at radius 1 is 1.35 bits per heavy atom. The lowest BCUT2D eigenvalue weighted by Crippen LogP contribution is -2.21. The lowest BCUT2D eigenvalue weighted by Gasteiger charge is -2.11. The SMILES string of the molecule is CCC(N)Cc1c(C)nn(C)c1Sc1cccc(C)c1. The topological polar surface area (TPSA) is 43.8 Å². The number of nitrogens with zero attached hydrogens (tertiary/aromatic N) is 2. The van der Waals surface area contributed by atoms with E-state index in [9.17, 15) is 0 Å². The molecule has 0 radical (unpaired) electrons. The van der Waals surface area contributed by atoms with Crippen LogP contribution in [0.5, 0.6) is 0 Å². The van der Waals surface area contributed by atoms with Crippen molar-refractivity contribution in [2.75, 3.05) is 0 Å². The molecule has 20 heavy (non-hydrogen) atoms. The number of aryl methyl sites for hydroxylation is 3. The van der Waals surface area contributed by atoms with E-state index in [4.69, 9.17) is 5.73 Å². The molecule has 2 rings (SSSR count). The smallest absolute Gasteiger partial charge is 0.102 e. The summed E-state index contributed by atoms with van der Waals surface area (Å²) in [7, 11) is 2.01. The Labute approximate surface area is 125 Å². The third-order valence-electron chi connectivity index (χ3n) is 3.48. The van der Waals surface area contributed by atoms with Gasteiger partial charge in [-0.05, 0) is 38.8 Å². The molecule has 1 atom stereocenters. The van der Waals surface area contributed by atoms with Gasteiger partial charge in [0.05, 0.1) is 5.69 Å². The normalized spacial score (nSPS) is 12.7. The summed E-state index contributed by atoms with van der Waals surface area (Å²) < 4.78 is 1.97. The van der Waals surface area contributed by atoms with Gasteiger partial charge in [-0.1, -0.05) is 36.4 Å².